The van der Waals surface area contributed by atoms with Gasteiger partial charge in [-0.2, -0.15) is 12.2 Å². The maximum Gasteiger partial charge on any atom is 2.00 e. The normalized spacial score (nSPS) is 17.9. The zero-order valence-corrected chi connectivity index (χ0v) is 11.7. The number of hydrogen-bond donors (Lipinski definition) is 0. The second-order valence-electron chi connectivity index (χ2n) is 3.79. The standard InChI is InChI=1S/2C7H9.Ru/c2*1-6-4-3-5-7(6)2;/h2*4H,3H2,1-2H3;/q2*-1;+2. The van der Waals surface area contributed by atoms with Crippen LogP contribution in [0.1, 0.15) is 40.5 Å². The van der Waals surface area contributed by atoms with Gasteiger partial charge in [-0.15, -0.1) is 26.7 Å². The Morgan fingerprint density at radius 1 is 0.800 bits per heavy atom. The van der Waals surface area contributed by atoms with Crippen molar-refractivity contribution in [3.8, 4) is 0 Å². The first-order valence-corrected chi connectivity index (χ1v) is 5.10. The molecule has 82 valence electrons. The second-order valence-corrected chi connectivity index (χ2v) is 3.79. The molecule has 0 aliphatic heterocycles. The predicted octanol–water partition coefficient (Wildman–Crippen LogP) is 4.17. The van der Waals surface area contributed by atoms with Crippen molar-refractivity contribution >= 4 is 0 Å². The van der Waals surface area contributed by atoms with E-state index in [0.29, 0.717) is 0 Å². The van der Waals surface area contributed by atoms with Gasteiger partial charge in [-0.1, -0.05) is 13.8 Å². The summed E-state index contributed by atoms with van der Waals surface area (Å²) in [5.74, 6) is 0. The third-order valence-corrected chi connectivity index (χ3v) is 2.73. The first-order valence-electron chi connectivity index (χ1n) is 5.10. The molecule has 0 aromatic rings. The molecular weight excluding hydrogens is 269 g/mol. The van der Waals surface area contributed by atoms with Gasteiger partial charge in [0.2, 0.25) is 0 Å². The molecule has 0 bridgehead atoms. The fraction of sp³-hybridized carbons (Fsp3) is 0.429. The maximum absolute atomic E-state index is 3.19. The summed E-state index contributed by atoms with van der Waals surface area (Å²) in [6.07, 6.45) is 12.8. The maximum atomic E-state index is 3.19. The Hall–Kier alpha value is -0.417. The van der Waals surface area contributed by atoms with Crippen LogP contribution in [0.2, 0.25) is 0 Å². The van der Waals surface area contributed by atoms with E-state index < -0.39 is 0 Å². The van der Waals surface area contributed by atoms with Gasteiger partial charge in [-0.25, -0.2) is 22.3 Å². The minimum atomic E-state index is 0. The largest absolute Gasteiger partial charge is 2.00 e. The Balaban J connectivity index is 0.000000245. The first-order chi connectivity index (χ1) is 6.61. The van der Waals surface area contributed by atoms with Crippen LogP contribution in [0.5, 0.6) is 0 Å². The van der Waals surface area contributed by atoms with Crippen molar-refractivity contribution in [2.75, 3.05) is 0 Å². The van der Waals surface area contributed by atoms with Gasteiger partial charge in [0, 0.05) is 0 Å². The molecule has 2 aliphatic carbocycles. The molecule has 0 amide bonds. The summed E-state index contributed by atoms with van der Waals surface area (Å²) in [6, 6.07) is 0. The average Bonchev–Trinajstić information content (AvgIpc) is 2.67. The van der Waals surface area contributed by atoms with E-state index in [9.17, 15) is 0 Å². The Bertz CT molecular complexity index is 261. The number of rotatable bonds is 0. The van der Waals surface area contributed by atoms with Crippen LogP contribution in [-0.2, 0) is 19.5 Å². The molecule has 0 spiro atoms. The van der Waals surface area contributed by atoms with E-state index in [0.717, 1.165) is 12.8 Å². The summed E-state index contributed by atoms with van der Waals surface area (Å²) < 4.78 is 0. The van der Waals surface area contributed by atoms with E-state index >= 15 is 0 Å². The zero-order chi connectivity index (χ0) is 10.6. The van der Waals surface area contributed by atoms with E-state index in [1.54, 1.807) is 0 Å². The molecule has 0 unspecified atom stereocenters. The van der Waals surface area contributed by atoms with Crippen LogP contribution in [0.3, 0.4) is 0 Å². The van der Waals surface area contributed by atoms with Crippen molar-refractivity contribution in [2.45, 2.75) is 40.5 Å². The van der Waals surface area contributed by atoms with Gasteiger partial charge in [0.05, 0.1) is 0 Å². The molecule has 15 heavy (non-hydrogen) atoms. The molecule has 0 aromatic heterocycles. The van der Waals surface area contributed by atoms with Gasteiger partial charge in [0.1, 0.15) is 0 Å². The van der Waals surface area contributed by atoms with Crippen LogP contribution in [-0.4, -0.2) is 0 Å². The fourth-order valence-corrected chi connectivity index (χ4v) is 1.30. The number of hydrogen-bond acceptors (Lipinski definition) is 0. The van der Waals surface area contributed by atoms with E-state index in [1.165, 1.54) is 22.3 Å². The first kappa shape index (κ1) is 14.6. The molecular formula is C14H18Ru. The quantitative estimate of drug-likeness (QED) is 0.463. The molecule has 0 heterocycles. The van der Waals surface area contributed by atoms with Gasteiger partial charge < -0.3 is 0 Å². The molecule has 2 aliphatic rings. The van der Waals surface area contributed by atoms with Crippen molar-refractivity contribution in [1.82, 2.24) is 0 Å². The minimum Gasteiger partial charge on any atom is -0.270 e. The summed E-state index contributed by atoms with van der Waals surface area (Å²) in [5.41, 5.74) is 5.42. The zero-order valence-electron chi connectivity index (χ0n) is 9.92. The van der Waals surface area contributed by atoms with Gasteiger partial charge >= 0.3 is 19.5 Å². The molecule has 0 N–H and O–H groups in total. The van der Waals surface area contributed by atoms with Crippen LogP contribution in [0.4, 0.5) is 0 Å². The molecule has 2 rings (SSSR count). The van der Waals surface area contributed by atoms with Crippen molar-refractivity contribution < 1.29 is 19.5 Å². The summed E-state index contributed by atoms with van der Waals surface area (Å²) in [4.78, 5) is 0. The molecule has 0 atom stereocenters. The molecule has 0 fully saturated rings. The van der Waals surface area contributed by atoms with Crippen molar-refractivity contribution in [3.63, 3.8) is 0 Å². The van der Waals surface area contributed by atoms with Gasteiger partial charge in [-0.05, 0) is 0 Å². The smallest absolute Gasteiger partial charge is 0.270 e. The molecule has 0 saturated carbocycles. The van der Waals surface area contributed by atoms with Crippen LogP contribution in [0.15, 0.2) is 34.4 Å². The Labute approximate surface area is 107 Å². The Morgan fingerprint density at radius 3 is 1.20 bits per heavy atom. The summed E-state index contributed by atoms with van der Waals surface area (Å²) in [6.45, 7) is 8.43. The Morgan fingerprint density at radius 2 is 1.13 bits per heavy atom. The van der Waals surface area contributed by atoms with Crippen LogP contribution >= 0.6 is 0 Å². The minimum absolute atomic E-state index is 0. The van der Waals surface area contributed by atoms with Gasteiger partial charge in [0.15, 0.2) is 0 Å². The molecule has 0 nitrogen and oxygen atoms in total. The Kier molecular flexibility index (Phi) is 6.76. The van der Waals surface area contributed by atoms with Crippen LogP contribution < -0.4 is 0 Å². The molecule has 0 radical (unpaired) electrons. The van der Waals surface area contributed by atoms with Crippen LogP contribution in [0.25, 0.3) is 0 Å². The van der Waals surface area contributed by atoms with E-state index in [1.807, 2.05) is 0 Å². The molecule has 0 saturated heterocycles. The SMILES string of the molecule is CC1=[C-]CC=C1C.CC1=[C-]CC=C1C.[Ru+2]. The molecule has 1 heteroatoms. The summed E-state index contributed by atoms with van der Waals surface area (Å²) in [5, 5.41) is 0. The van der Waals surface area contributed by atoms with Crippen molar-refractivity contribution in [3.05, 3.63) is 46.6 Å². The number of allylic oxidation sites excluding steroid dienone is 8. The monoisotopic (exact) mass is 288 g/mol. The topological polar surface area (TPSA) is 0 Å². The third-order valence-electron chi connectivity index (χ3n) is 2.73. The summed E-state index contributed by atoms with van der Waals surface area (Å²) >= 11 is 0. The summed E-state index contributed by atoms with van der Waals surface area (Å²) in [7, 11) is 0. The van der Waals surface area contributed by atoms with Crippen LogP contribution in [0, 0.1) is 12.2 Å². The predicted molar refractivity (Wildman–Crippen MR) is 61.6 cm³/mol. The third kappa shape index (κ3) is 4.75. The van der Waals surface area contributed by atoms with E-state index in [4.69, 9.17) is 0 Å². The van der Waals surface area contributed by atoms with Crippen molar-refractivity contribution in [1.29, 1.82) is 0 Å². The van der Waals surface area contributed by atoms with Crippen molar-refractivity contribution in [2.24, 2.45) is 0 Å². The average molecular weight is 287 g/mol. The van der Waals surface area contributed by atoms with Gasteiger partial charge in [-0.3, -0.25) is 12.2 Å². The van der Waals surface area contributed by atoms with E-state index in [2.05, 4.69) is 52.0 Å². The van der Waals surface area contributed by atoms with Gasteiger partial charge in [0.25, 0.3) is 0 Å². The van der Waals surface area contributed by atoms with E-state index in [-0.39, 0.29) is 19.5 Å². The fourth-order valence-electron chi connectivity index (χ4n) is 1.30. The second kappa shape index (κ2) is 6.96. The molecule has 0 aromatic carbocycles.